The summed E-state index contributed by atoms with van der Waals surface area (Å²) in [5, 5.41) is 0. The molecule has 3 atom stereocenters. The van der Waals surface area contributed by atoms with Crippen LogP contribution in [-0.2, 0) is 24.0 Å². The van der Waals surface area contributed by atoms with Crippen molar-refractivity contribution in [1.29, 1.82) is 0 Å². The fourth-order valence-corrected chi connectivity index (χ4v) is 6.71. The highest BCUT2D eigenvalue weighted by Crippen LogP contribution is 2.43. The maximum absolute atomic E-state index is 13.9. The summed E-state index contributed by atoms with van der Waals surface area (Å²) < 4.78 is 44.0. The topological polar surface area (TPSA) is 82.1 Å². The van der Waals surface area contributed by atoms with Gasteiger partial charge in [-0.15, -0.1) is 6.58 Å². The van der Waals surface area contributed by atoms with Crippen LogP contribution in [0, 0.1) is 0 Å². The van der Waals surface area contributed by atoms with Gasteiger partial charge in [0.05, 0.1) is 17.5 Å². The summed E-state index contributed by atoms with van der Waals surface area (Å²) in [5.41, 5.74) is -0.697. The highest BCUT2D eigenvalue weighted by atomic mass is 32.2. The van der Waals surface area contributed by atoms with E-state index in [0.29, 0.717) is 6.61 Å². The van der Waals surface area contributed by atoms with Gasteiger partial charge in [0.1, 0.15) is 10.3 Å². The van der Waals surface area contributed by atoms with E-state index in [1.165, 1.54) is 4.90 Å². The zero-order valence-corrected chi connectivity index (χ0v) is 20.1. The molecule has 0 N–H and O–H groups in total. The molecular weight excluding hydrogens is 430 g/mol. The number of allylic oxidation sites excluding steroid dienone is 1. The summed E-state index contributed by atoms with van der Waals surface area (Å²) in [6.45, 7) is 10.1. The van der Waals surface area contributed by atoms with Crippen molar-refractivity contribution in [2.75, 3.05) is 19.8 Å². The number of sulfone groups is 1. The molecule has 2 aliphatic heterocycles. The van der Waals surface area contributed by atoms with Gasteiger partial charge in [-0.25, -0.2) is 13.2 Å². The Balaban J connectivity index is 1.98. The lowest BCUT2D eigenvalue weighted by atomic mass is 9.95. The Morgan fingerprint density at radius 1 is 1.28 bits per heavy atom. The zero-order chi connectivity index (χ0) is 23.4. The Kier molecular flexibility index (Phi) is 7.68. The molecule has 7 nitrogen and oxygen atoms in total. The molecule has 0 aliphatic carbocycles. The lowest BCUT2D eigenvalue weighted by Crippen LogP contribution is -2.54. The molecule has 0 radical (unpaired) electrons. The molecule has 0 aromatic heterocycles. The maximum Gasteiger partial charge on any atom is 0.410 e. The quantitative estimate of drug-likeness (QED) is 0.558. The van der Waals surface area contributed by atoms with E-state index in [1.54, 1.807) is 57.2 Å². The Labute approximate surface area is 191 Å². The monoisotopic (exact) mass is 465 g/mol. The van der Waals surface area contributed by atoms with Gasteiger partial charge in [-0.1, -0.05) is 24.3 Å². The van der Waals surface area contributed by atoms with Crippen molar-refractivity contribution in [3.8, 4) is 0 Å². The third-order valence-corrected chi connectivity index (χ3v) is 8.65. The van der Waals surface area contributed by atoms with E-state index in [-0.39, 0.29) is 30.9 Å². The molecule has 2 fully saturated rings. The van der Waals surface area contributed by atoms with Gasteiger partial charge in [-0.2, -0.15) is 0 Å². The molecule has 0 spiro atoms. The lowest BCUT2D eigenvalue weighted by Gasteiger charge is -2.38. The predicted molar refractivity (Wildman–Crippen MR) is 122 cm³/mol. The van der Waals surface area contributed by atoms with Crippen molar-refractivity contribution in [2.45, 2.75) is 80.5 Å². The summed E-state index contributed by atoms with van der Waals surface area (Å²) in [5.74, 6) is 0. The highest BCUT2D eigenvalue weighted by molar-refractivity contribution is 7.93. The van der Waals surface area contributed by atoms with Gasteiger partial charge in [0, 0.05) is 13.2 Å². The molecule has 1 amide bonds. The standard InChI is InChI=1S/C24H35NO6S/c1-5-14-24(32(27,28)19-11-7-6-8-12-19)15-16-25(22(26)31-23(2,3)4)20(24)18-30-21-13-9-10-17-29-21/h5-8,11-12,20-21H,1,9-10,13-18H2,2-4H3/t20-,21?,24-/m1/s1. The highest BCUT2D eigenvalue weighted by Gasteiger charge is 2.58. The van der Waals surface area contributed by atoms with E-state index in [0.717, 1.165) is 19.3 Å². The van der Waals surface area contributed by atoms with Gasteiger partial charge < -0.3 is 19.1 Å². The second kappa shape index (κ2) is 9.93. The minimum atomic E-state index is -3.82. The second-order valence-electron chi connectivity index (χ2n) is 9.44. The Morgan fingerprint density at radius 2 is 2.00 bits per heavy atom. The van der Waals surface area contributed by atoms with Crippen LogP contribution < -0.4 is 0 Å². The van der Waals surface area contributed by atoms with Crippen molar-refractivity contribution in [1.82, 2.24) is 4.90 Å². The van der Waals surface area contributed by atoms with E-state index in [2.05, 4.69) is 6.58 Å². The zero-order valence-electron chi connectivity index (χ0n) is 19.3. The fourth-order valence-electron chi connectivity index (χ4n) is 4.48. The summed E-state index contributed by atoms with van der Waals surface area (Å²) in [7, 11) is -3.82. The second-order valence-corrected chi connectivity index (χ2v) is 11.7. The van der Waals surface area contributed by atoms with E-state index in [9.17, 15) is 13.2 Å². The van der Waals surface area contributed by atoms with Crippen molar-refractivity contribution in [3.05, 3.63) is 43.0 Å². The smallest absolute Gasteiger partial charge is 0.410 e. The van der Waals surface area contributed by atoms with Gasteiger partial charge in [0.15, 0.2) is 16.1 Å². The number of carbonyl (C=O) groups is 1. The maximum atomic E-state index is 13.9. The van der Waals surface area contributed by atoms with E-state index in [4.69, 9.17) is 14.2 Å². The molecule has 32 heavy (non-hydrogen) atoms. The minimum absolute atomic E-state index is 0.0454. The first-order chi connectivity index (χ1) is 15.1. The van der Waals surface area contributed by atoms with Crippen LogP contribution in [0.25, 0.3) is 0 Å². The molecule has 0 bridgehead atoms. The van der Waals surface area contributed by atoms with Crippen LogP contribution in [0.1, 0.15) is 52.9 Å². The predicted octanol–water partition coefficient (Wildman–Crippen LogP) is 4.33. The number of likely N-dealkylation sites (tertiary alicyclic amines) is 1. The number of ether oxygens (including phenoxy) is 3. The van der Waals surface area contributed by atoms with E-state index < -0.39 is 38.6 Å². The normalized spacial score (nSPS) is 26.7. The lowest BCUT2D eigenvalue weighted by molar-refractivity contribution is -0.170. The Hall–Kier alpha value is -1.90. The molecule has 178 valence electrons. The van der Waals surface area contributed by atoms with E-state index >= 15 is 0 Å². The van der Waals surface area contributed by atoms with Gasteiger partial charge >= 0.3 is 6.09 Å². The van der Waals surface area contributed by atoms with Crippen LogP contribution in [0.3, 0.4) is 0 Å². The largest absolute Gasteiger partial charge is 0.444 e. The molecular formula is C24H35NO6S. The molecule has 1 aromatic rings. The average molecular weight is 466 g/mol. The first kappa shape index (κ1) is 24.7. The van der Waals surface area contributed by atoms with Gasteiger partial charge in [-0.05, 0) is 65.0 Å². The summed E-state index contributed by atoms with van der Waals surface area (Å²) in [4.78, 5) is 14.8. The Morgan fingerprint density at radius 3 is 2.59 bits per heavy atom. The third kappa shape index (κ3) is 5.18. The number of amides is 1. The first-order valence-corrected chi connectivity index (χ1v) is 12.7. The van der Waals surface area contributed by atoms with E-state index in [1.807, 2.05) is 0 Å². The average Bonchev–Trinajstić information content (AvgIpc) is 3.13. The first-order valence-electron chi connectivity index (χ1n) is 11.2. The van der Waals surface area contributed by atoms with Crippen molar-refractivity contribution < 1.29 is 27.4 Å². The van der Waals surface area contributed by atoms with Gasteiger partial charge in [0.25, 0.3) is 0 Å². The molecule has 2 aliphatic rings. The molecule has 1 unspecified atom stereocenters. The molecule has 2 heterocycles. The van der Waals surface area contributed by atoms with Crippen molar-refractivity contribution in [2.24, 2.45) is 0 Å². The van der Waals surface area contributed by atoms with Crippen LogP contribution >= 0.6 is 0 Å². The summed E-state index contributed by atoms with van der Waals surface area (Å²) in [6.07, 6.45) is 3.87. The van der Waals surface area contributed by atoms with Crippen molar-refractivity contribution in [3.63, 3.8) is 0 Å². The molecule has 3 rings (SSSR count). The van der Waals surface area contributed by atoms with Crippen molar-refractivity contribution >= 4 is 15.9 Å². The number of hydrogen-bond donors (Lipinski definition) is 0. The fraction of sp³-hybridized carbons (Fsp3) is 0.625. The Bertz CT molecular complexity index is 889. The van der Waals surface area contributed by atoms with Crippen LogP contribution in [0.4, 0.5) is 4.79 Å². The number of nitrogens with zero attached hydrogens (tertiary/aromatic N) is 1. The number of carbonyl (C=O) groups excluding carboxylic acids is 1. The third-order valence-electron chi connectivity index (χ3n) is 6.04. The minimum Gasteiger partial charge on any atom is -0.444 e. The van der Waals surface area contributed by atoms with Crippen LogP contribution in [-0.4, -0.2) is 61.8 Å². The summed E-state index contributed by atoms with van der Waals surface area (Å²) >= 11 is 0. The molecule has 1 aromatic carbocycles. The van der Waals surface area contributed by atoms with Crippen LogP contribution in [0.2, 0.25) is 0 Å². The molecule has 8 heteroatoms. The van der Waals surface area contributed by atoms with Gasteiger partial charge in [-0.3, -0.25) is 0 Å². The number of hydrogen-bond acceptors (Lipinski definition) is 6. The number of benzene rings is 1. The van der Waals surface area contributed by atoms with Crippen LogP contribution in [0.15, 0.2) is 47.9 Å². The molecule has 2 saturated heterocycles. The van der Waals surface area contributed by atoms with Gasteiger partial charge in [0.2, 0.25) is 0 Å². The molecule has 0 saturated carbocycles. The van der Waals surface area contributed by atoms with Crippen LogP contribution in [0.5, 0.6) is 0 Å². The summed E-state index contributed by atoms with van der Waals surface area (Å²) in [6, 6.07) is 7.65. The SMILES string of the molecule is C=CC[C@@]1(S(=O)(=O)c2ccccc2)CCN(C(=O)OC(C)(C)C)[C@@H]1COC1CCCCO1. The number of rotatable bonds is 7.